The summed E-state index contributed by atoms with van der Waals surface area (Å²) in [4.78, 5) is 36.5. The number of hydrogen-bond donors (Lipinski definition) is 3. The van der Waals surface area contributed by atoms with Crippen molar-refractivity contribution in [2.45, 2.75) is 19.3 Å². The summed E-state index contributed by atoms with van der Waals surface area (Å²) in [6.07, 6.45) is 1.46. The molecule has 7 nitrogen and oxygen atoms in total. The van der Waals surface area contributed by atoms with Gasteiger partial charge in [0.2, 0.25) is 11.8 Å². The van der Waals surface area contributed by atoms with Gasteiger partial charge in [-0.05, 0) is 12.8 Å². The van der Waals surface area contributed by atoms with Gasteiger partial charge >= 0.3 is 5.97 Å². The molecular formula is C12H19N3O4. The molecule has 106 valence electrons. The SMILES string of the molecule is O=C(CNC(=O)C1(C(=O)O)CCC1)N1CCNCC1. The average Bonchev–Trinajstić information content (AvgIpc) is 2.35. The quantitative estimate of drug-likeness (QED) is 0.556. The molecule has 7 heteroatoms. The van der Waals surface area contributed by atoms with Crippen molar-refractivity contribution < 1.29 is 19.5 Å². The van der Waals surface area contributed by atoms with E-state index in [-0.39, 0.29) is 12.5 Å². The highest BCUT2D eigenvalue weighted by Crippen LogP contribution is 2.41. The summed E-state index contributed by atoms with van der Waals surface area (Å²) in [5.74, 6) is -1.78. The van der Waals surface area contributed by atoms with Crippen LogP contribution in [0, 0.1) is 5.41 Å². The Balaban J connectivity index is 1.83. The largest absolute Gasteiger partial charge is 0.480 e. The number of hydrogen-bond acceptors (Lipinski definition) is 4. The molecule has 0 atom stereocenters. The average molecular weight is 269 g/mol. The van der Waals surface area contributed by atoms with E-state index in [4.69, 9.17) is 5.11 Å². The van der Waals surface area contributed by atoms with Crippen molar-refractivity contribution in [1.82, 2.24) is 15.5 Å². The van der Waals surface area contributed by atoms with Gasteiger partial charge in [0.1, 0.15) is 5.41 Å². The number of carbonyl (C=O) groups excluding carboxylic acids is 2. The van der Waals surface area contributed by atoms with Crippen LogP contribution in [0.2, 0.25) is 0 Å². The lowest BCUT2D eigenvalue weighted by Gasteiger charge is -2.36. The normalized spacial score (nSPS) is 21.4. The third kappa shape index (κ3) is 2.70. The van der Waals surface area contributed by atoms with Gasteiger partial charge < -0.3 is 20.6 Å². The Hall–Kier alpha value is -1.63. The fraction of sp³-hybridized carbons (Fsp3) is 0.750. The summed E-state index contributed by atoms with van der Waals surface area (Å²) in [6, 6.07) is 0. The zero-order valence-corrected chi connectivity index (χ0v) is 10.8. The molecule has 1 heterocycles. The smallest absolute Gasteiger partial charge is 0.319 e. The second-order valence-corrected chi connectivity index (χ2v) is 5.05. The first kappa shape index (κ1) is 13.8. The molecule has 0 bridgehead atoms. The Morgan fingerprint density at radius 2 is 1.84 bits per heavy atom. The first-order chi connectivity index (χ1) is 9.06. The molecule has 0 unspecified atom stereocenters. The number of carboxylic acid groups (broad SMARTS) is 1. The Kier molecular flexibility index (Phi) is 4.04. The van der Waals surface area contributed by atoms with Crippen molar-refractivity contribution in [3.05, 3.63) is 0 Å². The molecule has 0 aromatic heterocycles. The van der Waals surface area contributed by atoms with Crippen molar-refractivity contribution in [3.8, 4) is 0 Å². The van der Waals surface area contributed by atoms with E-state index in [9.17, 15) is 14.4 Å². The maximum atomic E-state index is 11.9. The standard InChI is InChI=1S/C12H19N3O4/c16-9(15-6-4-13-5-7-15)8-14-10(17)12(11(18)19)2-1-3-12/h13H,1-8H2,(H,14,17)(H,18,19). The zero-order valence-electron chi connectivity index (χ0n) is 10.8. The van der Waals surface area contributed by atoms with Gasteiger partial charge in [0.05, 0.1) is 6.54 Å². The number of aliphatic carboxylic acids is 1. The summed E-state index contributed by atoms with van der Waals surface area (Å²) >= 11 is 0. The van der Waals surface area contributed by atoms with Crippen LogP contribution < -0.4 is 10.6 Å². The van der Waals surface area contributed by atoms with E-state index in [0.717, 1.165) is 19.5 Å². The molecule has 0 radical (unpaired) electrons. The topological polar surface area (TPSA) is 98.7 Å². The van der Waals surface area contributed by atoms with Crippen molar-refractivity contribution in [3.63, 3.8) is 0 Å². The third-order valence-corrected chi connectivity index (χ3v) is 3.92. The van der Waals surface area contributed by atoms with E-state index in [1.807, 2.05) is 0 Å². The van der Waals surface area contributed by atoms with Crippen LogP contribution in [0.3, 0.4) is 0 Å². The van der Waals surface area contributed by atoms with Gasteiger partial charge in [-0.1, -0.05) is 6.42 Å². The van der Waals surface area contributed by atoms with Gasteiger partial charge in [0.25, 0.3) is 0 Å². The van der Waals surface area contributed by atoms with Crippen molar-refractivity contribution in [2.24, 2.45) is 5.41 Å². The van der Waals surface area contributed by atoms with Gasteiger partial charge in [-0.3, -0.25) is 14.4 Å². The summed E-state index contributed by atoms with van der Waals surface area (Å²) in [5, 5.41) is 14.7. The van der Waals surface area contributed by atoms with Crippen LogP contribution >= 0.6 is 0 Å². The van der Waals surface area contributed by atoms with E-state index in [0.29, 0.717) is 25.9 Å². The first-order valence-electron chi connectivity index (χ1n) is 6.56. The predicted octanol–water partition coefficient (Wildman–Crippen LogP) is -1.21. The Labute approximate surface area is 111 Å². The minimum absolute atomic E-state index is 0.117. The van der Waals surface area contributed by atoms with Crippen LogP contribution in [0.5, 0.6) is 0 Å². The molecule has 19 heavy (non-hydrogen) atoms. The molecule has 1 aliphatic carbocycles. The van der Waals surface area contributed by atoms with Crippen LogP contribution in [-0.4, -0.2) is 60.5 Å². The van der Waals surface area contributed by atoms with E-state index < -0.39 is 17.3 Å². The van der Waals surface area contributed by atoms with Gasteiger partial charge in [0, 0.05) is 26.2 Å². The Morgan fingerprint density at radius 3 is 2.32 bits per heavy atom. The number of piperazine rings is 1. The summed E-state index contributed by atoms with van der Waals surface area (Å²) in [7, 11) is 0. The molecule has 3 N–H and O–H groups in total. The number of carbonyl (C=O) groups is 3. The lowest BCUT2D eigenvalue weighted by molar-refractivity contribution is -0.162. The highest BCUT2D eigenvalue weighted by atomic mass is 16.4. The monoisotopic (exact) mass is 269 g/mol. The second-order valence-electron chi connectivity index (χ2n) is 5.05. The van der Waals surface area contributed by atoms with Gasteiger partial charge in [-0.15, -0.1) is 0 Å². The third-order valence-electron chi connectivity index (χ3n) is 3.92. The number of rotatable bonds is 4. The van der Waals surface area contributed by atoms with E-state index >= 15 is 0 Å². The molecule has 2 fully saturated rings. The van der Waals surface area contributed by atoms with E-state index in [2.05, 4.69) is 10.6 Å². The molecule has 1 saturated carbocycles. The molecule has 2 rings (SSSR count). The first-order valence-corrected chi connectivity index (χ1v) is 6.56. The molecule has 2 amide bonds. The fourth-order valence-electron chi connectivity index (χ4n) is 2.42. The molecule has 0 spiro atoms. The fourth-order valence-corrected chi connectivity index (χ4v) is 2.42. The van der Waals surface area contributed by atoms with Crippen LogP contribution in [0.25, 0.3) is 0 Å². The Bertz CT molecular complexity index is 386. The molecule has 0 aromatic carbocycles. The molecule has 0 aromatic rings. The van der Waals surface area contributed by atoms with Crippen molar-refractivity contribution >= 4 is 17.8 Å². The highest BCUT2D eigenvalue weighted by Gasteiger charge is 2.51. The van der Waals surface area contributed by atoms with Crippen LogP contribution in [-0.2, 0) is 14.4 Å². The van der Waals surface area contributed by atoms with Gasteiger partial charge in [0.15, 0.2) is 0 Å². The lowest BCUT2D eigenvalue weighted by Crippen LogP contribution is -2.54. The van der Waals surface area contributed by atoms with Crippen molar-refractivity contribution in [2.75, 3.05) is 32.7 Å². The second kappa shape index (κ2) is 5.56. The molecular weight excluding hydrogens is 250 g/mol. The summed E-state index contributed by atoms with van der Waals surface area (Å²) in [5.41, 5.74) is -1.30. The maximum Gasteiger partial charge on any atom is 0.319 e. The number of nitrogens with zero attached hydrogens (tertiary/aromatic N) is 1. The van der Waals surface area contributed by atoms with Crippen LogP contribution in [0.15, 0.2) is 0 Å². The number of nitrogens with one attached hydrogen (secondary N) is 2. The van der Waals surface area contributed by atoms with E-state index in [1.165, 1.54) is 0 Å². The molecule has 1 aliphatic heterocycles. The number of amides is 2. The van der Waals surface area contributed by atoms with E-state index in [1.54, 1.807) is 4.90 Å². The number of carboxylic acids is 1. The maximum absolute atomic E-state index is 11.9. The predicted molar refractivity (Wildman–Crippen MR) is 66.4 cm³/mol. The van der Waals surface area contributed by atoms with Crippen molar-refractivity contribution in [1.29, 1.82) is 0 Å². The molecule has 2 aliphatic rings. The minimum Gasteiger partial charge on any atom is -0.480 e. The Morgan fingerprint density at radius 1 is 1.21 bits per heavy atom. The summed E-state index contributed by atoms with van der Waals surface area (Å²) in [6.45, 7) is 2.63. The molecule has 1 saturated heterocycles. The van der Waals surface area contributed by atoms with Gasteiger partial charge in [-0.2, -0.15) is 0 Å². The van der Waals surface area contributed by atoms with Crippen LogP contribution in [0.1, 0.15) is 19.3 Å². The van der Waals surface area contributed by atoms with Crippen LogP contribution in [0.4, 0.5) is 0 Å². The summed E-state index contributed by atoms with van der Waals surface area (Å²) < 4.78 is 0. The minimum atomic E-state index is -1.30. The highest BCUT2D eigenvalue weighted by molar-refractivity contribution is 6.03. The van der Waals surface area contributed by atoms with Gasteiger partial charge in [-0.25, -0.2) is 0 Å². The zero-order chi connectivity index (χ0) is 13.9. The lowest BCUT2D eigenvalue weighted by atomic mass is 9.68.